The summed E-state index contributed by atoms with van der Waals surface area (Å²) in [5.41, 5.74) is 1.01. The van der Waals surface area contributed by atoms with Crippen LogP contribution in [0, 0.1) is 0 Å². The molecule has 1 aromatic rings. The molecule has 0 spiro atoms. The summed E-state index contributed by atoms with van der Waals surface area (Å²) in [5.74, 6) is 1.02. The molecule has 1 rings (SSSR count). The molecule has 0 bridgehead atoms. The van der Waals surface area contributed by atoms with Crippen LogP contribution >= 0.6 is 0 Å². The molecule has 102 valence electrons. The van der Waals surface area contributed by atoms with E-state index in [9.17, 15) is 0 Å². The summed E-state index contributed by atoms with van der Waals surface area (Å²) in [6.07, 6.45) is 8.56. The van der Waals surface area contributed by atoms with Crippen molar-refractivity contribution in [2.75, 3.05) is 25.0 Å². The normalized spacial score (nSPS) is 10.6. The molecule has 0 unspecified atom stereocenters. The van der Waals surface area contributed by atoms with Crippen molar-refractivity contribution in [2.45, 2.75) is 46.1 Å². The summed E-state index contributed by atoms with van der Waals surface area (Å²) in [4.78, 5) is 11.3. The largest absolute Gasteiger partial charge is 0.355 e. The first kappa shape index (κ1) is 14.9. The Labute approximate surface area is 111 Å². The Morgan fingerprint density at radius 1 is 1.11 bits per heavy atom. The smallest absolute Gasteiger partial charge is 0.147 e. The van der Waals surface area contributed by atoms with Gasteiger partial charge in [0.25, 0.3) is 0 Å². The number of hydrogen-bond acceptors (Lipinski definition) is 4. The molecule has 4 heteroatoms. The van der Waals surface area contributed by atoms with Crippen LogP contribution in [0.15, 0.2) is 12.4 Å². The highest BCUT2D eigenvalue weighted by molar-refractivity contribution is 5.36. The molecule has 0 aromatic carbocycles. The van der Waals surface area contributed by atoms with Crippen molar-refractivity contribution >= 4 is 5.82 Å². The van der Waals surface area contributed by atoms with Crippen molar-refractivity contribution in [2.24, 2.45) is 0 Å². The molecule has 1 heterocycles. The Hall–Kier alpha value is -1.16. The minimum absolute atomic E-state index is 0.774. The second-order valence-electron chi connectivity index (χ2n) is 4.59. The van der Waals surface area contributed by atoms with Crippen molar-refractivity contribution < 1.29 is 0 Å². The summed E-state index contributed by atoms with van der Waals surface area (Å²) in [7, 11) is 1.93. The van der Waals surface area contributed by atoms with Crippen molar-refractivity contribution in [3.63, 3.8) is 0 Å². The maximum atomic E-state index is 4.67. The van der Waals surface area contributed by atoms with Crippen LogP contribution < -0.4 is 10.2 Å². The Morgan fingerprint density at radius 3 is 2.33 bits per heavy atom. The van der Waals surface area contributed by atoms with Crippen LogP contribution in [0.25, 0.3) is 0 Å². The average molecular weight is 250 g/mol. The number of anilines is 1. The van der Waals surface area contributed by atoms with E-state index in [1.807, 2.05) is 19.4 Å². The lowest BCUT2D eigenvalue weighted by Crippen LogP contribution is -2.27. The monoisotopic (exact) mass is 250 g/mol. The molecule has 0 saturated carbocycles. The fourth-order valence-corrected chi connectivity index (χ4v) is 1.85. The van der Waals surface area contributed by atoms with Crippen LogP contribution in [-0.2, 0) is 6.54 Å². The van der Waals surface area contributed by atoms with Gasteiger partial charge >= 0.3 is 0 Å². The van der Waals surface area contributed by atoms with Gasteiger partial charge in [-0.15, -0.1) is 0 Å². The molecule has 4 nitrogen and oxygen atoms in total. The quantitative estimate of drug-likeness (QED) is 0.731. The van der Waals surface area contributed by atoms with Gasteiger partial charge in [-0.3, -0.25) is 4.98 Å². The molecular weight excluding hydrogens is 224 g/mol. The van der Waals surface area contributed by atoms with Gasteiger partial charge in [-0.25, -0.2) is 4.98 Å². The summed E-state index contributed by atoms with van der Waals surface area (Å²) < 4.78 is 0. The topological polar surface area (TPSA) is 41.1 Å². The van der Waals surface area contributed by atoms with E-state index >= 15 is 0 Å². The molecule has 0 aliphatic rings. The van der Waals surface area contributed by atoms with Gasteiger partial charge in [-0.2, -0.15) is 0 Å². The van der Waals surface area contributed by atoms with Gasteiger partial charge in [-0.05, 0) is 19.9 Å². The Kier molecular flexibility index (Phi) is 7.34. The van der Waals surface area contributed by atoms with Crippen molar-refractivity contribution in [3.8, 4) is 0 Å². The van der Waals surface area contributed by atoms with Crippen LogP contribution in [0.2, 0.25) is 0 Å². The van der Waals surface area contributed by atoms with E-state index in [2.05, 4.69) is 34.0 Å². The second-order valence-corrected chi connectivity index (χ2v) is 4.59. The van der Waals surface area contributed by atoms with Crippen LogP contribution in [0.5, 0.6) is 0 Å². The second kappa shape index (κ2) is 8.86. The lowest BCUT2D eigenvalue weighted by atomic mass is 10.2. The minimum Gasteiger partial charge on any atom is -0.355 e. The maximum absolute atomic E-state index is 4.67. The Balaban J connectivity index is 2.72. The molecular formula is C14H26N4. The van der Waals surface area contributed by atoms with E-state index in [0.717, 1.165) is 31.1 Å². The maximum Gasteiger partial charge on any atom is 0.147 e. The Morgan fingerprint density at radius 2 is 1.78 bits per heavy atom. The van der Waals surface area contributed by atoms with Crippen LogP contribution in [0.3, 0.4) is 0 Å². The molecule has 0 aliphatic carbocycles. The summed E-state index contributed by atoms with van der Waals surface area (Å²) >= 11 is 0. The highest BCUT2D eigenvalue weighted by Crippen LogP contribution is 2.12. The molecule has 0 aliphatic heterocycles. The Bertz CT molecular complexity index is 319. The lowest BCUT2D eigenvalue weighted by Gasteiger charge is -2.23. The molecule has 18 heavy (non-hydrogen) atoms. The van der Waals surface area contributed by atoms with E-state index in [-0.39, 0.29) is 0 Å². The third kappa shape index (κ3) is 5.00. The molecule has 0 atom stereocenters. The van der Waals surface area contributed by atoms with Gasteiger partial charge in [0.05, 0.1) is 11.9 Å². The van der Waals surface area contributed by atoms with E-state index in [0.29, 0.717) is 0 Å². The zero-order valence-corrected chi connectivity index (χ0v) is 11.9. The number of nitrogens with zero attached hydrogens (tertiary/aromatic N) is 3. The predicted molar refractivity (Wildman–Crippen MR) is 76.8 cm³/mol. The minimum atomic E-state index is 0.774. The van der Waals surface area contributed by atoms with Crippen LogP contribution in [0.1, 0.15) is 45.2 Å². The van der Waals surface area contributed by atoms with Crippen LogP contribution in [0.4, 0.5) is 5.82 Å². The summed E-state index contributed by atoms with van der Waals surface area (Å²) in [6.45, 7) is 7.38. The van der Waals surface area contributed by atoms with E-state index in [1.165, 1.54) is 25.7 Å². The number of rotatable bonds is 9. The van der Waals surface area contributed by atoms with Gasteiger partial charge in [0.15, 0.2) is 0 Å². The first-order valence-corrected chi connectivity index (χ1v) is 7.02. The fourth-order valence-electron chi connectivity index (χ4n) is 1.85. The first-order valence-electron chi connectivity index (χ1n) is 7.02. The van der Waals surface area contributed by atoms with E-state index < -0.39 is 0 Å². The molecule has 0 amide bonds. The van der Waals surface area contributed by atoms with Crippen molar-refractivity contribution in [1.82, 2.24) is 15.3 Å². The molecule has 0 radical (unpaired) electrons. The number of hydrogen-bond donors (Lipinski definition) is 1. The third-order valence-corrected chi connectivity index (χ3v) is 2.92. The zero-order valence-electron chi connectivity index (χ0n) is 11.9. The molecule has 1 aromatic heterocycles. The molecule has 1 N–H and O–H groups in total. The SMILES string of the molecule is CCCCN(CCCC)c1cncc(CNC)n1. The standard InChI is InChI=1S/C14H26N4/c1-4-6-8-18(9-7-5-2)14-12-16-11-13(17-14)10-15-3/h11-12,15H,4-10H2,1-3H3. The summed E-state index contributed by atoms with van der Waals surface area (Å²) in [6, 6.07) is 0. The number of aromatic nitrogens is 2. The lowest BCUT2D eigenvalue weighted by molar-refractivity contribution is 0.665. The molecule has 0 saturated heterocycles. The van der Waals surface area contributed by atoms with E-state index in [1.54, 1.807) is 0 Å². The van der Waals surface area contributed by atoms with Gasteiger partial charge in [0, 0.05) is 25.8 Å². The van der Waals surface area contributed by atoms with Crippen LogP contribution in [-0.4, -0.2) is 30.1 Å². The average Bonchev–Trinajstić information content (AvgIpc) is 2.40. The van der Waals surface area contributed by atoms with Crippen molar-refractivity contribution in [1.29, 1.82) is 0 Å². The zero-order chi connectivity index (χ0) is 13.2. The summed E-state index contributed by atoms with van der Waals surface area (Å²) in [5, 5.41) is 3.12. The van der Waals surface area contributed by atoms with Crippen molar-refractivity contribution in [3.05, 3.63) is 18.1 Å². The third-order valence-electron chi connectivity index (χ3n) is 2.92. The van der Waals surface area contributed by atoms with Gasteiger partial charge in [0.2, 0.25) is 0 Å². The van der Waals surface area contributed by atoms with Gasteiger partial charge in [-0.1, -0.05) is 26.7 Å². The first-order chi connectivity index (χ1) is 8.81. The molecule has 0 fully saturated rings. The van der Waals surface area contributed by atoms with Gasteiger partial charge < -0.3 is 10.2 Å². The predicted octanol–water partition coefficient (Wildman–Crippen LogP) is 2.60. The number of nitrogens with one attached hydrogen (secondary N) is 1. The number of unbranched alkanes of at least 4 members (excludes halogenated alkanes) is 2. The highest BCUT2D eigenvalue weighted by Gasteiger charge is 2.08. The highest BCUT2D eigenvalue weighted by atomic mass is 15.2. The van der Waals surface area contributed by atoms with E-state index in [4.69, 9.17) is 0 Å². The van der Waals surface area contributed by atoms with Gasteiger partial charge in [0.1, 0.15) is 5.82 Å². The fraction of sp³-hybridized carbons (Fsp3) is 0.714.